The van der Waals surface area contributed by atoms with Crippen LogP contribution in [0.15, 0.2) is 30.5 Å². The summed E-state index contributed by atoms with van der Waals surface area (Å²) in [4.78, 5) is 4.73. The molecule has 4 nitrogen and oxygen atoms in total. The molecule has 0 spiro atoms. The van der Waals surface area contributed by atoms with Gasteiger partial charge < -0.3 is 15.8 Å². The quantitative estimate of drug-likeness (QED) is 0.626. The lowest BCUT2D eigenvalue weighted by molar-refractivity contribution is 0.198. The Bertz CT molecular complexity index is 586. The molecule has 0 radical (unpaired) electrons. The van der Waals surface area contributed by atoms with E-state index in [4.69, 9.17) is 22.7 Å². The van der Waals surface area contributed by atoms with Gasteiger partial charge in [0.1, 0.15) is 4.99 Å². The van der Waals surface area contributed by atoms with Crippen LogP contribution in [0.4, 0.5) is 5.69 Å². The van der Waals surface area contributed by atoms with Crippen molar-refractivity contribution in [3.05, 3.63) is 36.0 Å². The molecule has 19 heavy (non-hydrogen) atoms. The Morgan fingerprint density at radius 3 is 2.95 bits per heavy atom. The molecule has 0 saturated heterocycles. The summed E-state index contributed by atoms with van der Waals surface area (Å²) in [6.07, 6.45) is 2.65. The number of fused-ring (bicyclic) bond motifs is 1. The van der Waals surface area contributed by atoms with Crippen LogP contribution in [0, 0.1) is 0 Å². The number of pyridine rings is 1. The predicted molar refractivity (Wildman–Crippen MR) is 82.6 cm³/mol. The van der Waals surface area contributed by atoms with Crippen molar-refractivity contribution in [1.82, 2.24) is 4.98 Å². The zero-order valence-electron chi connectivity index (χ0n) is 10.8. The minimum Gasteiger partial charge on any atom is -0.389 e. The van der Waals surface area contributed by atoms with Crippen molar-refractivity contribution >= 4 is 33.8 Å². The summed E-state index contributed by atoms with van der Waals surface area (Å²) in [5, 5.41) is 4.42. The highest BCUT2D eigenvalue weighted by Gasteiger charge is 2.10. The Balaban J connectivity index is 2.35. The number of benzene rings is 1. The molecule has 2 rings (SSSR count). The number of para-hydroxylation sites is 1. The highest BCUT2D eigenvalue weighted by molar-refractivity contribution is 7.80. The van der Waals surface area contributed by atoms with Crippen LogP contribution in [0.2, 0.25) is 0 Å². The lowest BCUT2D eigenvalue weighted by Gasteiger charge is -2.13. The van der Waals surface area contributed by atoms with Gasteiger partial charge in [-0.15, -0.1) is 0 Å². The van der Waals surface area contributed by atoms with E-state index in [1.54, 1.807) is 13.3 Å². The van der Waals surface area contributed by atoms with Crippen molar-refractivity contribution in [2.75, 3.05) is 25.6 Å². The fourth-order valence-corrected chi connectivity index (χ4v) is 2.10. The number of anilines is 1. The number of nitrogens with zero attached hydrogens (tertiary/aromatic N) is 1. The summed E-state index contributed by atoms with van der Waals surface area (Å²) < 4.78 is 5.04. The van der Waals surface area contributed by atoms with Gasteiger partial charge in [-0.05, 0) is 12.5 Å². The van der Waals surface area contributed by atoms with Crippen LogP contribution in [0.3, 0.4) is 0 Å². The van der Waals surface area contributed by atoms with E-state index >= 15 is 0 Å². The fraction of sp³-hybridized carbons (Fsp3) is 0.286. The minimum atomic E-state index is 0.354. The Kier molecular flexibility index (Phi) is 4.65. The number of rotatable bonds is 6. The fourth-order valence-electron chi connectivity index (χ4n) is 1.95. The summed E-state index contributed by atoms with van der Waals surface area (Å²) in [5.74, 6) is 0. The number of hydrogen-bond acceptors (Lipinski definition) is 4. The molecule has 0 fully saturated rings. The molecule has 0 unspecified atom stereocenters. The molecule has 0 aliphatic carbocycles. The first-order chi connectivity index (χ1) is 9.24. The number of hydrogen-bond donors (Lipinski definition) is 2. The molecule has 100 valence electrons. The number of nitrogens with one attached hydrogen (secondary N) is 1. The van der Waals surface area contributed by atoms with E-state index in [2.05, 4.69) is 10.3 Å². The lowest BCUT2D eigenvalue weighted by atomic mass is 10.1. The van der Waals surface area contributed by atoms with Crippen molar-refractivity contribution in [2.24, 2.45) is 5.73 Å². The average Bonchev–Trinajstić information content (AvgIpc) is 2.43. The maximum absolute atomic E-state index is 5.76. The van der Waals surface area contributed by atoms with Crippen LogP contribution in [0.25, 0.3) is 10.9 Å². The van der Waals surface area contributed by atoms with Crippen LogP contribution in [0.1, 0.15) is 12.0 Å². The predicted octanol–water partition coefficient (Wildman–Crippen LogP) is 2.32. The zero-order chi connectivity index (χ0) is 13.7. The van der Waals surface area contributed by atoms with Crippen LogP contribution < -0.4 is 11.1 Å². The van der Waals surface area contributed by atoms with E-state index in [1.807, 2.05) is 24.3 Å². The SMILES string of the molecule is COCCCNc1c(C(N)=S)cnc2ccccc12. The Labute approximate surface area is 118 Å². The second-order valence-corrected chi connectivity index (χ2v) is 4.64. The summed E-state index contributed by atoms with van der Waals surface area (Å²) in [7, 11) is 1.70. The topological polar surface area (TPSA) is 60.2 Å². The molecule has 3 N–H and O–H groups in total. The van der Waals surface area contributed by atoms with Crippen LogP contribution >= 0.6 is 12.2 Å². The van der Waals surface area contributed by atoms with E-state index in [0.29, 0.717) is 4.99 Å². The maximum Gasteiger partial charge on any atom is 0.107 e. The van der Waals surface area contributed by atoms with Gasteiger partial charge in [-0.25, -0.2) is 0 Å². The molecule has 2 aromatic rings. The molecular weight excluding hydrogens is 258 g/mol. The summed E-state index contributed by atoms with van der Waals surface area (Å²) in [6, 6.07) is 7.93. The number of aromatic nitrogens is 1. The molecule has 5 heteroatoms. The first-order valence-electron chi connectivity index (χ1n) is 6.14. The Morgan fingerprint density at radius 2 is 2.21 bits per heavy atom. The average molecular weight is 275 g/mol. The van der Waals surface area contributed by atoms with Crippen molar-refractivity contribution < 1.29 is 4.74 Å². The second kappa shape index (κ2) is 6.45. The third-order valence-electron chi connectivity index (χ3n) is 2.87. The first kappa shape index (κ1) is 13.7. The van der Waals surface area contributed by atoms with Gasteiger partial charge in [0.25, 0.3) is 0 Å². The van der Waals surface area contributed by atoms with Gasteiger partial charge in [-0.1, -0.05) is 30.4 Å². The van der Waals surface area contributed by atoms with Gasteiger partial charge >= 0.3 is 0 Å². The highest BCUT2D eigenvalue weighted by Crippen LogP contribution is 2.25. The van der Waals surface area contributed by atoms with Gasteiger partial charge in [-0.2, -0.15) is 0 Å². The molecule has 1 heterocycles. The van der Waals surface area contributed by atoms with E-state index in [9.17, 15) is 0 Å². The minimum absolute atomic E-state index is 0.354. The monoisotopic (exact) mass is 275 g/mol. The summed E-state index contributed by atoms with van der Waals surface area (Å²) in [5.41, 5.74) is 8.43. The van der Waals surface area contributed by atoms with Gasteiger partial charge in [0.2, 0.25) is 0 Å². The molecule has 1 aromatic heterocycles. The highest BCUT2D eigenvalue weighted by atomic mass is 32.1. The largest absolute Gasteiger partial charge is 0.389 e. The van der Waals surface area contributed by atoms with Crippen LogP contribution in [-0.4, -0.2) is 30.2 Å². The first-order valence-corrected chi connectivity index (χ1v) is 6.55. The van der Waals surface area contributed by atoms with E-state index in [1.165, 1.54) is 0 Å². The van der Waals surface area contributed by atoms with E-state index in [0.717, 1.165) is 41.7 Å². The van der Waals surface area contributed by atoms with Gasteiger partial charge in [0.15, 0.2) is 0 Å². The number of methoxy groups -OCH3 is 1. The molecule has 0 saturated carbocycles. The summed E-state index contributed by atoms with van der Waals surface area (Å²) in [6.45, 7) is 1.52. The van der Waals surface area contributed by atoms with Crippen molar-refractivity contribution in [2.45, 2.75) is 6.42 Å². The van der Waals surface area contributed by atoms with E-state index in [-0.39, 0.29) is 0 Å². The molecule has 1 aromatic carbocycles. The number of thiocarbonyl (C=S) groups is 1. The summed E-state index contributed by atoms with van der Waals surface area (Å²) >= 11 is 5.09. The Morgan fingerprint density at radius 1 is 1.42 bits per heavy atom. The maximum atomic E-state index is 5.76. The normalized spacial score (nSPS) is 10.6. The molecule has 0 bridgehead atoms. The van der Waals surface area contributed by atoms with E-state index < -0.39 is 0 Å². The van der Waals surface area contributed by atoms with Crippen molar-refractivity contribution in [1.29, 1.82) is 0 Å². The number of nitrogens with two attached hydrogens (primary N) is 1. The van der Waals surface area contributed by atoms with Crippen molar-refractivity contribution in [3.63, 3.8) is 0 Å². The Hall–Kier alpha value is -1.72. The van der Waals surface area contributed by atoms with Crippen molar-refractivity contribution in [3.8, 4) is 0 Å². The second-order valence-electron chi connectivity index (χ2n) is 4.20. The van der Waals surface area contributed by atoms with Gasteiger partial charge in [0, 0.05) is 31.8 Å². The lowest BCUT2D eigenvalue weighted by Crippen LogP contribution is -2.15. The third-order valence-corrected chi connectivity index (χ3v) is 3.09. The molecule has 0 atom stereocenters. The zero-order valence-corrected chi connectivity index (χ0v) is 11.7. The molecule has 0 aliphatic heterocycles. The van der Waals surface area contributed by atoms with Gasteiger partial charge in [-0.3, -0.25) is 4.98 Å². The molecule has 0 amide bonds. The number of ether oxygens (including phenoxy) is 1. The smallest absolute Gasteiger partial charge is 0.107 e. The molecular formula is C14H17N3OS. The third kappa shape index (κ3) is 3.19. The van der Waals surface area contributed by atoms with Crippen LogP contribution in [-0.2, 0) is 4.74 Å². The standard InChI is InChI=1S/C14H17N3OS/c1-18-8-4-7-16-13-10-5-2-3-6-12(10)17-9-11(13)14(15)19/h2-3,5-6,9H,4,7-8H2,1H3,(H2,15,19)(H,16,17). The molecule has 0 aliphatic rings. The van der Waals surface area contributed by atoms with Gasteiger partial charge in [0.05, 0.1) is 16.8 Å². The van der Waals surface area contributed by atoms with Crippen LogP contribution in [0.5, 0.6) is 0 Å².